The Morgan fingerprint density at radius 1 is 0.750 bits per heavy atom. The molecule has 0 saturated carbocycles. The lowest BCUT2D eigenvalue weighted by Gasteiger charge is -2.33. The maximum atomic E-state index is 4.49. The highest BCUT2D eigenvalue weighted by atomic mass is 15.3. The van der Waals surface area contributed by atoms with E-state index in [4.69, 9.17) is 0 Å². The molecule has 2 saturated heterocycles. The van der Waals surface area contributed by atoms with E-state index >= 15 is 0 Å². The van der Waals surface area contributed by atoms with Crippen molar-refractivity contribution < 1.29 is 0 Å². The molecule has 0 bridgehead atoms. The fraction of sp³-hybridized carbons (Fsp3) is 0.733. The van der Waals surface area contributed by atoms with Crippen molar-refractivity contribution in [2.24, 2.45) is 0 Å². The van der Waals surface area contributed by atoms with Gasteiger partial charge in [-0.25, -0.2) is 9.97 Å². The van der Waals surface area contributed by atoms with Crippen LogP contribution in [0.2, 0.25) is 0 Å². The van der Waals surface area contributed by atoms with E-state index in [0.717, 1.165) is 50.9 Å². The molecule has 5 nitrogen and oxygen atoms in total. The minimum absolute atomic E-state index is 1.06. The quantitative estimate of drug-likeness (QED) is 0.819. The van der Waals surface area contributed by atoms with Crippen molar-refractivity contribution in [3.05, 3.63) is 12.4 Å². The summed E-state index contributed by atoms with van der Waals surface area (Å²) >= 11 is 0. The number of aromatic nitrogens is 2. The van der Waals surface area contributed by atoms with Gasteiger partial charge >= 0.3 is 0 Å². The normalized spacial score (nSPS) is 21.9. The number of likely N-dealkylation sites (N-methyl/N-ethyl adjacent to an activating group) is 1. The second-order valence-electron chi connectivity index (χ2n) is 5.93. The molecule has 20 heavy (non-hydrogen) atoms. The maximum Gasteiger partial charge on any atom is 0.134 e. The summed E-state index contributed by atoms with van der Waals surface area (Å²) in [4.78, 5) is 16.1. The molecule has 0 N–H and O–H groups in total. The van der Waals surface area contributed by atoms with Gasteiger partial charge in [0.1, 0.15) is 18.0 Å². The van der Waals surface area contributed by atoms with Gasteiger partial charge in [-0.2, -0.15) is 0 Å². The third kappa shape index (κ3) is 3.20. The topological polar surface area (TPSA) is 35.5 Å². The van der Waals surface area contributed by atoms with Crippen molar-refractivity contribution in [3.8, 4) is 0 Å². The monoisotopic (exact) mass is 275 g/mol. The SMILES string of the molecule is CN1CCN(c2cc(N3CCCCCC3)ncn2)CC1. The molecule has 0 aliphatic carbocycles. The predicted molar refractivity (Wildman–Crippen MR) is 82.4 cm³/mol. The maximum absolute atomic E-state index is 4.49. The van der Waals surface area contributed by atoms with Gasteiger partial charge in [-0.1, -0.05) is 12.8 Å². The Bertz CT molecular complexity index is 420. The molecular formula is C15H25N5. The first-order valence-corrected chi connectivity index (χ1v) is 7.83. The van der Waals surface area contributed by atoms with E-state index in [1.807, 2.05) is 0 Å². The summed E-state index contributed by atoms with van der Waals surface area (Å²) in [7, 11) is 2.18. The summed E-state index contributed by atoms with van der Waals surface area (Å²) in [6.45, 7) is 6.63. The summed E-state index contributed by atoms with van der Waals surface area (Å²) < 4.78 is 0. The Hall–Kier alpha value is -1.36. The third-order valence-electron chi connectivity index (χ3n) is 4.40. The van der Waals surface area contributed by atoms with E-state index in [2.05, 4.69) is 37.8 Å². The Balaban J connectivity index is 1.71. The molecule has 3 rings (SSSR count). The third-order valence-corrected chi connectivity index (χ3v) is 4.40. The first-order chi connectivity index (χ1) is 9.83. The van der Waals surface area contributed by atoms with Gasteiger partial charge < -0.3 is 14.7 Å². The molecule has 2 aliphatic heterocycles. The molecular weight excluding hydrogens is 250 g/mol. The van der Waals surface area contributed by atoms with E-state index in [1.165, 1.54) is 25.7 Å². The summed E-state index contributed by atoms with van der Waals surface area (Å²) in [5, 5.41) is 0. The molecule has 2 aliphatic rings. The molecule has 1 aromatic rings. The number of rotatable bonds is 2. The fourth-order valence-electron chi connectivity index (χ4n) is 3.02. The lowest BCUT2D eigenvalue weighted by molar-refractivity contribution is 0.312. The fourth-order valence-corrected chi connectivity index (χ4v) is 3.02. The number of hydrogen-bond acceptors (Lipinski definition) is 5. The lowest BCUT2D eigenvalue weighted by Crippen LogP contribution is -2.44. The van der Waals surface area contributed by atoms with Crippen LogP contribution >= 0.6 is 0 Å². The molecule has 0 aromatic carbocycles. The van der Waals surface area contributed by atoms with Gasteiger partial charge in [0, 0.05) is 45.3 Å². The highest BCUT2D eigenvalue weighted by Crippen LogP contribution is 2.21. The van der Waals surface area contributed by atoms with Crippen LogP contribution in [0.5, 0.6) is 0 Å². The van der Waals surface area contributed by atoms with Crippen molar-refractivity contribution in [1.82, 2.24) is 14.9 Å². The number of piperazine rings is 1. The van der Waals surface area contributed by atoms with Crippen LogP contribution in [0.1, 0.15) is 25.7 Å². The predicted octanol–water partition coefficient (Wildman–Crippen LogP) is 1.61. The van der Waals surface area contributed by atoms with Crippen LogP contribution in [0.15, 0.2) is 12.4 Å². The molecule has 1 aromatic heterocycles. The van der Waals surface area contributed by atoms with Crippen LogP contribution in [0.3, 0.4) is 0 Å². The Morgan fingerprint density at radius 2 is 1.30 bits per heavy atom. The van der Waals surface area contributed by atoms with Crippen molar-refractivity contribution in [2.75, 3.05) is 56.1 Å². The second-order valence-corrected chi connectivity index (χ2v) is 5.93. The molecule has 0 radical (unpaired) electrons. The van der Waals surface area contributed by atoms with Crippen LogP contribution < -0.4 is 9.80 Å². The zero-order chi connectivity index (χ0) is 13.8. The summed E-state index contributed by atoms with van der Waals surface area (Å²) in [6.07, 6.45) is 7.01. The summed E-state index contributed by atoms with van der Waals surface area (Å²) in [6, 6.07) is 2.18. The lowest BCUT2D eigenvalue weighted by atomic mass is 10.2. The number of nitrogens with zero attached hydrogens (tertiary/aromatic N) is 5. The Labute approximate surface area is 121 Å². The van der Waals surface area contributed by atoms with E-state index < -0.39 is 0 Å². The first-order valence-electron chi connectivity index (χ1n) is 7.83. The molecule has 5 heteroatoms. The van der Waals surface area contributed by atoms with Crippen molar-refractivity contribution in [2.45, 2.75) is 25.7 Å². The van der Waals surface area contributed by atoms with E-state index in [9.17, 15) is 0 Å². The molecule has 110 valence electrons. The largest absolute Gasteiger partial charge is 0.356 e. The van der Waals surface area contributed by atoms with Crippen molar-refractivity contribution >= 4 is 11.6 Å². The zero-order valence-corrected chi connectivity index (χ0v) is 12.5. The van der Waals surface area contributed by atoms with Gasteiger partial charge in [0.2, 0.25) is 0 Å². The van der Waals surface area contributed by atoms with Crippen LogP contribution in [-0.4, -0.2) is 61.2 Å². The van der Waals surface area contributed by atoms with Gasteiger partial charge in [-0.3, -0.25) is 0 Å². The second kappa shape index (κ2) is 6.39. The molecule has 0 atom stereocenters. The minimum atomic E-state index is 1.06. The van der Waals surface area contributed by atoms with Gasteiger partial charge in [-0.05, 0) is 19.9 Å². The van der Waals surface area contributed by atoms with Gasteiger partial charge in [0.15, 0.2) is 0 Å². The summed E-state index contributed by atoms with van der Waals surface area (Å²) in [5.41, 5.74) is 0. The van der Waals surface area contributed by atoms with Crippen LogP contribution in [0, 0.1) is 0 Å². The number of hydrogen-bond donors (Lipinski definition) is 0. The first kappa shape index (κ1) is 13.6. The van der Waals surface area contributed by atoms with Gasteiger partial charge in [0.05, 0.1) is 0 Å². The highest BCUT2D eigenvalue weighted by Gasteiger charge is 2.17. The van der Waals surface area contributed by atoms with Crippen LogP contribution in [0.25, 0.3) is 0 Å². The van der Waals surface area contributed by atoms with Gasteiger partial charge in [0.25, 0.3) is 0 Å². The molecule has 0 unspecified atom stereocenters. The van der Waals surface area contributed by atoms with E-state index in [-0.39, 0.29) is 0 Å². The average molecular weight is 275 g/mol. The Morgan fingerprint density at radius 3 is 1.90 bits per heavy atom. The van der Waals surface area contributed by atoms with Gasteiger partial charge in [-0.15, -0.1) is 0 Å². The smallest absolute Gasteiger partial charge is 0.134 e. The molecule has 0 amide bonds. The number of anilines is 2. The highest BCUT2D eigenvalue weighted by molar-refractivity contribution is 5.50. The van der Waals surface area contributed by atoms with E-state index in [1.54, 1.807) is 6.33 Å². The average Bonchev–Trinajstić information content (AvgIpc) is 2.77. The van der Waals surface area contributed by atoms with Crippen molar-refractivity contribution in [1.29, 1.82) is 0 Å². The van der Waals surface area contributed by atoms with Crippen LogP contribution in [-0.2, 0) is 0 Å². The molecule has 2 fully saturated rings. The zero-order valence-electron chi connectivity index (χ0n) is 12.5. The molecule has 0 spiro atoms. The van der Waals surface area contributed by atoms with E-state index in [0.29, 0.717) is 0 Å². The van der Waals surface area contributed by atoms with Crippen LogP contribution in [0.4, 0.5) is 11.6 Å². The Kier molecular flexibility index (Phi) is 4.35. The minimum Gasteiger partial charge on any atom is -0.356 e. The summed E-state index contributed by atoms with van der Waals surface area (Å²) in [5.74, 6) is 2.20. The standard InChI is InChI=1S/C15H25N5/c1-18-8-10-20(11-9-18)15-12-14(16-13-17-15)19-6-4-2-3-5-7-19/h12-13H,2-11H2,1H3. The molecule has 3 heterocycles. The van der Waals surface area contributed by atoms with Crippen molar-refractivity contribution in [3.63, 3.8) is 0 Å².